The van der Waals surface area contributed by atoms with Gasteiger partial charge in [-0.15, -0.1) is 0 Å². The minimum absolute atomic E-state index is 0.00148. The quantitative estimate of drug-likeness (QED) is 0.457. The first-order chi connectivity index (χ1) is 18.4. The SMILES string of the molecule is CC(C)(C)c1cc(NC(=O)NC2CCCc3ccccc32)n(-c2cccc(OCCN3CCOCC3)c2)n1. The Hall–Kier alpha value is -3.36. The highest BCUT2D eigenvalue weighted by Crippen LogP contribution is 2.30. The lowest BCUT2D eigenvalue weighted by molar-refractivity contribution is 0.0322. The van der Waals surface area contributed by atoms with Gasteiger partial charge >= 0.3 is 6.03 Å². The van der Waals surface area contributed by atoms with Gasteiger partial charge in [-0.1, -0.05) is 51.1 Å². The number of aromatic nitrogens is 2. The Morgan fingerprint density at radius 3 is 2.74 bits per heavy atom. The number of morpholine rings is 1. The number of hydrogen-bond donors (Lipinski definition) is 2. The van der Waals surface area contributed by atoms with Gasteiger partial charge in [0.15, 0.2) is 0 Å². The number of nitrogens with zero attached hydrogens (tertiary/aromatic N) is 3. The van der Waals surface area contributed by atoms with E-state index >= 15 is 0 Å². The molecule has 0 bridgehead atoms. The minimum Gasteiger partial charge on any atom is -0.492 e. The van der Waals surface area contributed by atoms with Crippen LogP contribution in [0.2, 0.25) is 0 Å². The maximum atomic E-state index is 13.2. The second-order valence-electron chi connectivity index (χ2n) is 11.1. The molecule has 1 fully saturated rings. The molecule has 0 spiro atoms. The van der Waals surface area contributed by atoms with E-state index < -0.39 is 0 Å². The number of ether oxygens (including phenoxy) is 2. The number of rotatable bonds is 7. The first-order valence-electron chi connectivity index (χ1n) is 13.7. The third-order valence-corrected chi connectivity index (χ3v) is 7.24. The van der Waals surface area contributed by atoms with Crippen molar-refractivity contribution in [2.45, 2.75) is 51.5 Å². The largest absolute Gasteiger partial charge is 0.492 e. The maximum absolute atomic E-state index is 13.2. The lowest BCUT2D eigenvalue weighted by atomic mass is 9.88. The molecule has 1 saturated heterocycles. The van der Waals surface area contributed by atoms with Crippen LogP contribution in [-0.4, -0.2) is 60.2 Å². The summed E-state index contributed by atoms with van der Waals surface area (Å²) in [5.41, 5.74) is 4.08. The van der Waals surface area contributed by atoms with E-state index in [0.717, 1.165) is 69.2 Å². The zero-order valence-electron chi connectivity index (χ0n) is 22.7. The van der Waals surface area contributed by atoms with Gasteiger partial charge in [0.1, 0.15) is 18.2 Å². The first kappa shape index (κ1) is 26.3. The molecule has 2 aliphatic rings. The molecule has 1 unspecified atom stereocenters. The van der Waals surface area contributed by atoms with Crippen LogP contribution in [0.5, 0.6) is 5.75 Å². The molecule has 3 aromatic rings. The molecule has 5 rings (SSSR count). The smallest absolute Gasteiger partial charge is 0.320 e. The molecular weight excluding hydrogens is 478 g/mol. The molecule has 2 N–H and O–H groups in total. The standard InChI is InChI=1S/C30H39N5O3/c1-30(2,3)27-21-28(32-29(36)31-26-13-6-9-22-8-4-5-12-25(22)26)35(33-27)23-10-7-11-24(20-23)38-19-16-34-14-17-37-18-15-34/h4-5,7-8,10-12,20-21,26H,6,9,13-19H2,1-3H3,(H2,31,32,36). The van der Waals surface area contributed by atoms with Crippen molar-refractivity contribution in [3.05, 3.63) is 71.4 Å². The summed E-state index contributed by atoms with van der Waals surface area (Å²) in [5, 5.41) is 11.1. The van der Waals surface area contributed by atoms with Gasteiger partial charge in [0.25, 0.3) is 0 Å². The van der Waals surface area contributed by atoms with E-state index in [0.29, 0.717) is 12.4 Å². The lowest BCUT2D eigenvalue weighted by Crippen LogP contribution is -2.38. The third kappa shape index (κ3) is 6.37. The van der Waals surface area contributed by atoms with Crippen LogP contribution in [0.3, 0.4) is 0 Å². The molecule has 2 amide bonds. The Labute approximate surface area is 225 Å². The number of carbonyl (C=O) groups excluding carboxylic acids is 1. The van der Waals surface area contributed by atoms with Crippen LogP contribution in [0.25, 0.3) is 5.69 Å². The van der Waals surface area contributed by atoms with E-state index in [1.165, 1.54) is 11.1 Å². The van der Waals surface area contributed by atoms with Crippen LogP contribution < -0.4 is 15.4 Å². The molecule has 38 heavy (non-hydrogen) atoms. The second-order valence-corrected chi connectivity index (χ2v) is 11.1. The average Bonchev–Trinajstić information content (AvgIpc) is 3.34. The zero-order valence-corrected chi connectivity index (χ0v) is 22.7. The fraction of sp³-hybridized carbons (Fsp3) is 0.467. The monoisotopic (exact) mass is 517 g/mol. The molecule has 0 saturated carbocycles. The van der Waals surface area contributed by atoms with Crippen molar-refractivity contribution in [3.8, 4) is 11.4 Å². The van der Waals surface area contributed by atoms with Gasteiger partial charge in [0, 0.05) is 37.2 Å². The zero-order chi connectivity index (χ0) is 26.5. The van der Waals surface area contributed by atoms with Crippen LogP contribution in [0.4, 0.5) is 10.6 Å². The molecular formula is C30H39N5O3. The van der Waals surface area contributed by atoms with E-state index in [1.54, 1.807) is 4.68 Å². The van der Waals surface area contributed by atoms with Crippen molar-refractivity contribution in [2.75, 3.05) is 44.8 Å². The van der Waals surface area contributed by atoms with Crippen molar-refractivity contribution < 1.29 is 14.3 Å². The van der Waals surface area contributed by atoms with E-state index in [-0.39, 0.29) is 17.5 Å². The predicted octanol–water partition coefficient (Wildman–Crippen LogP) is 5.08. The summed E-state index contributed by atoms with van der Waals surface area (Å²) in [4.78, 5) is 15.5. The summed E-state index contributed by atoms with van der Waals surface area (Å²) in [6.07, 6.45) is 3.05. The Kier molecular flexibility index (Phi) is 8.00. The number of hydrogen-bond acceptors (Lipinski definition) is 5. The Bertz CT molecular complexity index is 1240. The third-order valence-electron chi connectivity index (χ3n) is 7.24. The molecule has 1 atom stereocenters. The van der Waals surface area contributed by atoms with Gasteiger partial charge in [-0.05, 0) is 42.5 Å². The highest BCUT2D eigenvalue weighted by molar-refractivity contribution is 5.89. The number of aryl methyl sites for hydroxylation is 1. The summed E-state index contributed by atoms with van der Waals surface area (Å²) < 4.78 is 13.3. The number of carbonyl (C=O) groups is 1. The Balaban J connectivity index is 1.31. The van der Waals surface area contributed by atoms with Crippen LogP contribution in [0.1, 0.15) is 56.5 Å². The fourth-order valence-corrected chi connectivity index (χ4v) is 5.07. The van der Waals surface area contributed by atoms with Gasteiger partial charge < -0.3 is 14.8 Å². The predicted molar refractivity (Wildman–Crippen MR) is 149 cm³/mol. The van der Waals surface area contributed by atoms with Crippen molar-refractivity contribution in [3.63, 3.8) is 0 Å². The van der Waals surface area contributed by atoms with Gasteiger partial charge in [0.05, 0.1) is 30.6 Å². The molecule has 8 heteroatoms. The Morgan fingerprint density at radius 2 is 1.92 bits per heavy atom. The summed E-state index contributed by atoms with van der Waals surface area (Å²) in [6, 6.07) is 18.0. The van der Waals surface area contributed by atoms with Gasteiger partial charge in [0.2, 0.25) is 0 Å². The van der Waals surface area contributed by atoms with Crippen molar-refractivity contribution >= 4 is 11.8 Å². The average molecular weight is 518 g/mol. The Morgan fingerprint density at radius 1 is 1.11 bits per heavy atom. The van der Waals surface area contributed by atoms with E-state index in [1.807, 2.05) is 36.4 Å². The van der Waals surface area contributed by atoms with Crippen molar-refractivity contribution in [1.82, 2.24) is 20.0 Å². The maximum Gasteiger partial charge on any atom is 0.320 e. The van der Waals surface area contributed by atoms with Crippen molar-refractivity contribution in [2.24, 2.45) is 0 Å². The number of benzene rings is 2. The molecule has 1 aromatic heterocycles. The number of urea groups is 1. The summed E-state index contributed by atoms with van der Waals surface area (Å²) in [6.45, 7) is 11.3. The molecule has 202 valence electrons. The first-order valence-corrected chi connectivity index (χ1v) is 13.7. The highest BCUT2D eigenvalue weighted by Gasteiger charge is 2.24. The molecule has 0 radical (unpaired) electrons. The number of anilines is 1. The van der Waals surface area contributed by atoms with Crippen LogP contribution in [0, 0.1) is 0 Å². The normalized spacial score (nSPS) is 18.0. The van der Waals surface area contributed by atoms with Crippen LogP contribution in [-0.2, 0) is 16.6 Å². The molecule has 1 aliphatic carbocycles. The van der Waals surface area contributed by atoms with E-state index in [2.05, 4.69) is 54.5 Å². The summed E-state index contributed by atoms with van der Waals surface area (Å²) in [7, 11) is 0. The van der Waals surface area contributed by atoms with Gasteiger partial charge in [-0.3, -0.25) is 10.2 Å². The molecule has 2 heterocycles. The second kappa shape index (κ2) is 11.6. The van der Waals surface area contributed by atoms with Crippen LogP contribution >= 0.6 is 0 Å². The fourth-order valence-electron chi connectivity index (χ4n) is 5.07. The number of amides is 2. The summed E-state index contributed by atoms with van der Waals surface area (Å²) >= 11 is 0. The van der Waals surface area contributed by atoms with Crippen molar-refractivity contribution in [1.29, 1.82) is 0 Å². The van der Waals surface area contributed by atoms with E-state index in [9.17, 15) is 4.79 Å². The molecule has 8 nitrogen and oxygen atoms in total. The van der Waals surface area contributed by atoms with E-state index in [4.69, 9.17) is 14.6 Å². The topological polar surface area (TPSA) is 80.7 Å². The lowest BCUT2D eigenvalue weighted by Gasteiger charge is -2.26. The highest BCUT2D eigenvalue weighted by atomic mass is 16.5. The van der Waals surface area contributed by atoms with Gasteiger partial charge in [-0.2, -0.15) is 5.10 Å². The van der Waals surface area contributed by atoms with Crippen LogP contribution in [0.15, 0.2) is 54.6 Å². The number of fused-ring (bicyclic) bond motifs is 1. The number of nitrogens with one attached hydrogen (secondary N) is 2. The molecule has 2 aromatic carbocycles. The summed E-state index contributed by atoms with van der Waals surface area (Å²) in [5.74, 6) is 1.40. The van der Waals surface area contributed by atoms with Gasteiger partial charge in [-0.25, -0.2) is 9.48 Å². The molecule has 1 aliphatic heterocycles. The minimum atomic E-state index is -0.230.